The molecule has 0 bridgehead atoms. The number of piperidine rings is 1. The molecule has 0 radical (unpaired) electrons. The van der Waals surface area contributed by atoms with Gasteiger partial charge in [-0.05, 0) is 110 Å². The van der Waals surface area contributed by atoms with Gasteiger partial charge in [-0.15, -0.1) is 0 Å². The summed E-state index contributed by atoms with van der Waals surface area (Å²) in [6.07, 6.45) is 2.25. The molecule has 4 rings (SSSR count). The maximum atomic E-state index is 15.0. The van der Waals surface area contributed by atoms with Gasteiger partial charge in [-0.1, -0.05) is 0 Å². The van der Waals surface area contributed by atoms with E-state index in [-0.39, 0.29) is 12.1 Å². The number of rotatable bonds is 3. The van der Waals surface area contributed by atoms with Gasteiger partial charge in [0, 0.05) is 28.2 Å². The van der Waals surface area contributed by atoms with Crippen molar-refractivity contribution in [2.75, 3.05) is 18.0 Å². The van der Waals surface area contributed by atoms with Crippen LogP contribution < -0.4 is 4.90 Å². The van der Waals surface area contributed by atoms with Crippen molar-refractivity contribution < 1.29 is 23.1 Å². The highest BCUT2D eigenvalue weighted by atomic mass is 127. The van der Waals surface area contributed by atoms with Gasteiger partial charge in [-0.3, -0.25) is 9.69 Å². The average molecular weight is 607 g/mol. The molecule has 1 aliphatic rings. The Morgan fingerprint density at radius 2 is 1.92 bits per heavy atom. The van der Waals surface area contributed by atoms with Crippen LogP contribution in [0, 0.1) is 22.1 Å². The highest BCUT2D eigenvalue weighted by Crippen LogP contribution is 2.33. The number of carbonyl (C=O) groups is 2. The lowest BCUT2D eigenvalue weighted by Gasteiger charge is -2.39. The SMILES string of the molecule is Cc1cc(F)cc2ccnc(N(C(=O)c3ccc(I)cc3F)[C@@H]3CCCN(C(=O)OC(C)(C)C)C3)c12. The summed E-state index contributed by atoms with van der Waals surface area (Å²) in [6.45, 7) is 7.82. The highest BCUT2D eigenvalue weighted by molar-refractivity contribution is 14.1. The average Bonchev–Trinajstić information content (AvgIpc) is 2.78. The Bertz CT molecular complexity index is 1330. The first-order valence-electron chi connectivity index (χ1n) is 11.8. The Hall–Kier alpha value is -2.82. The summed E-state index contributed by atoms with van der Waals surface area (Å²) in [5.41, 5.74) is -0.153. The number of hydrogen-bond donors (Lipinski definition) is 0. The maximum absolute atomic E-state index is 15.0. The van der Waals surface area contributed by atoms with Crippen LogP contribution >= 0.6 is 22.6 Å². The zero-order chi connectivity index (χ0) is 26.2. The molecule has 1 saturated heterocycles. The molecule has 190 valence electrons. The Balaban J connectivity index is 1.82. The standard InChI is InChI=1S/C27H28F2IN3O3/c1-16-12-18(28)13-17-9-10-31-24(23(16)17)33(25(34)21-8-7-19(30)14-22(21)29)20-6-5-11-32(15-20)26(35)36-27(2,3)4/h7-10,12-14,20H,5-6,11,15H2,1-4H3/t20-/m1/s1. The molecule has 2 heterocycles. The molecule has 3 aromatic rings. The summed E-state index contributed by atoms with van der Waals surface area (Å²) in [4.78, 5) is 34.3. The van der Waals surface area contributed by atoms with Crippen molar-refractivity contribution >= 4 is 51.2 Å². The summed E-state index contributed by atoms with van der Waals surface area (Å²) in [5, 5.41) is 1.19. The van der Waals surface area contributed by atoms with Gasteiger partial charge in [-0.2, -0.15) is 0 Å². The highest BCUT2D eigenvalue weighted by Gasteiger charge is 2.36. The number of ether oxygens (including phenoxy) is 1. The third kappa shape index (κ3) is 5.61. The van der Waals surface area contributed by atoms with Gasteiger partial charge < -0.3 is 9.64 Å². The number of nitrogens with zero attached hydrogens (tertiary/aromatic N) is 3. The number of pyridine rings is 1. The molecule has 36 heavy (non-hydrogen) atoms. The number of fused-ring (bicyclic) bond motifs is 1. The number of carbonyl (C=O) groups excluding carboxylic acids is 2. The van der Waals surface area contributed by atoms with E-state index in [9.17, 15) is 18.4 Å². The van der Waals surface area contributed by atoms with Crippen molar-refractivity contribution in [3.05, 3.63) is 68.9 Å². The summed E-state index contributed by atoms with van der Waals surface area (Å²) in [6, 6.07) is 8.39. The third-order valence-electron chi connectivity index (χ3n) is 6.03. The van der Waals surface area contributed by atoms with Crippen molar-refractivity contribution in [3.63, 3.8) is 0 Å². The molecule has 9 heteroatoms. The van der Waals surface area contributed by atoms with Crippen LogP contribution in [0.4, 0.5) is 19.4 Å². The first kappa shape index (κ1) is 26.2. The fourth-order valence-electron chi connectivity index (χ4n) is 4.53. The molecular formula is C27H28F2IN3O3. The Kier molecular flexibility index (Phi) is 7.49. The molecule has 1 aliphatic heterocycles. The van der Waals surface area contributed by atoms with Gasteiger partial charge in [0.2, 0.25) is 0 Å². The number of aromatic nitrogens is 1. The van der Waals surface area contributed by atoms with Crippen LogP contribution in [0.25, 0.3) is 10.8 Å². The normalized spacial score (nSPS) is 16.2. The van der Waals surface area contributed by atoms with E-state index in [1.807, 2.05) is 22.6 Å². The number of anilines is 1. The smallest absolute Gasteiger partial charge is 0.410 e. The van der Waals surface area contributed by atoms with Gasteiger partial charge in [0.1, 0.15) is 23.1 Å². The second kappa shape index (κ2) is 10.3. The molecule has 6 nitrogen and oxygen atoms in total. The van der Waals surface area contributed by atoms with Gasteiger partial charge in [0.15, 0.2) is 0 Å². The van der Waals surface area contributed by atoms with Crippen LogP contribution in [0.2, 0.25) is 0 Å². The minimum absolute atomic E-state index is 0.0941. The van der Waals surface area contributed by atoms with Gasteiger partial charge in [-0.25, -0.2) is 18.6 Å². The van der Waals surface area contributed by atoms with E-state index in [0.717, 1.165) is 0 Å². The third-order valence-corrected chi connectivity index (χ3v) is 6.70. The summed E-state index contributed by atoms with van der Waals surface area (Å²) in [7, 11) is 0. The zero-order valence-electron chi connectivity index (χ0n) is 20.6. The van der Waals surface area contributed by atoms with E-state index in [2.05, 4.69) is 4.98 Å². The lowest BCUT2D eigenvalue weighted by molar-refractivity contribution is 0.0196. The number of likely N-dealkylation sites (tertiary alicyclic amines) is 1. The van der Waals surface area contributed by atoms with E-state index in [1.165, 1.54) is 35.4 Å². The Morgan fingerprint density at radius 1 is 1.17 bits per heavy atom. The van der Waals surface area contributed by atoms with Crippen molar-refractivity contribution in [1.29, 1.82) is 0 Å². The molecule has 0 unspecified atom stereocenters. The van der Waals surface area contributed by atoms with Gasteiger partial charge >= 0.3 is 6.09 Å². The van der Waals surface area contributed by atoms with Crippen molar-refractivity contribution in [2.45, 2.75) is 52.2 Å². The number of hydrogen-bond acceptors (Lipinski definition) is 4. The molecule has 1 aromatic heterocycles. The topological polar surface area (TPSA) is 62.7 Å². The van der Waals surface area contributed by atoms with Gasteiger partial charge in [0.05, 0.1) is 11.6 Å². The molecule has 0 saturated carbocycles. The molecule has 0 aliphatic carbocycles. The first-order valence-corrected chi connectivity index (χ1v) is 12.8. The summed E-state index contributed by atoms with van der Waals surface area (Å²) in [5.74, 6) is -1.29. The molecule has 1 fully saturated rings. The zero-order valence-corrected chi connectivity index (χ0v) is 22.8. The van der Waals surface area contributed by atoms with E-state index in [0.29, 0.717) is 45.1 Å². The van der Waals surface area contributed by atoms with Crippen LogP contribution in [0.3, 0.4) is 0 Å². The van der Waals surface area contributed by atoms with E-state index in [1.54, 1.807) is 44.7 Å². The lowest BCUT2D eigenvalue weighted by atomic mass is 10.00. The summed E-state index contributed by atoms with van der Waals surface area (Å²) >= 11 is 1.99. The molecule has 0 N–H and O–H groups in total. The van der Waals surface area contributed by atoms with Crippen molar-refractivity contribution in [2.24, 2.45) is 0 Å². The molecule has 1 atom stereocenters. The van der Waals surface area contributed by atoms with Crippen LogP contribution in [0.15, 0.2) is 42.6 Å². The van der Waals surface area contributed by atoms with Crippen LogP contribution in [-0.2, 0) is 4.74 Å². The second-order valence-electron chi connectivity index (χ2n) is 9.98. The molecule has 2 aromatic carbocycles. The number of benzene rings is 2. The van der Waals surface area contributed by atoms with Crippen molar-refractivity contribution in [3.8, 4) is 0 Å². The Labute approximate surface area is 222 Å². The number of halogens is 3. The number of amides is 2. The minimum Gasteiger partial charge on any atom is -0.444 e. The van der Waals surface area contributed by atoms with Crippen LogP contribution in [0.5, 0.6) is 0 Å². The Morgan fingerprint density at radius 3 is 2.61 bits per heavy atom. The predicted octanol–water partition coefficient (Wildman–Crippen LogP) is 6.47. The fraction of sp³-hybridized carbons (Fsp3) is 0.370. The number of aryl methyl sites for hydroxylation is 1. The minimum atomic E-state index is -0.664. The first-order chi connectivity index (χ1) is 16.9. The summed E-state index contributed by atoms with van der Waals surface area (Å²) < 4.78 is 35.4. The fourth-order valence-corrected chi connectivity index (χ4v) is 4.98. The largest absolute Gasteiger partial charge is 0.444 e. The molecule has 0 spiro atoms. The lowest BCUT2D eigenvalue weighted by Crippen LogP contribution is -2.53. The monoisotopic (exact) mass is 607 g/mol. The predicted molar refractivity (Wildman–Crippen MR) is 143 cm³/mol. The second-order valence-corrected chi connectivity index (χ2v) is 11.2. The maximum Gasteiger partial charge on any atom is 0.410 e. The van der Waals surface area contributed by atoms with E-state index >= 15 is 0 Å². The van der Waals surface area contributed by atoms with Gasteiger partial charge in [0.25, 0.3) is 5.91 Å². The van der Waals surface area contributed by atoms with Crippen molar-refractivity contribution in [1.82, 2.24) is 9.88 Å². The van der Waals surface area contributed by atoms with E-state index < -0.39 is 35.3 Å². The van der Waals surface area contributed by atoms with Crippen LogP contribution in [-0.4, -0.2) is 46.6 Å². The molecule has 2 amide bonds. The van der Waals surface area contributed by atoms with Crippen LogP contribution in [0.1, 0.15) is 49.5 Å². The quantitative estimate of drug-likeness (QED) is 0.320. The van der Waals surface area contributed by atoms with E-state index in [4.69, 9.17) is 4.74 Å². The molecular weight excluding hydrogens is 579 g/mol.